The van der Waals surface area contributed by atoms with Crippen molar-refractivity contribution in [1.82, 2.24) is 0 Å². The molecular formula is C32H44S4. The lowest BCUT2D eigenvalue weighted by Crippen LogP contribution is -2.18. The third-order valence-electron chi connectivity index (χ3n) is 8.49. The maximum Gasteiger partial charge on any atom is 0.0149 e. The van der Waals surface area contributed by atoms with Gasteiger partial charge in [0.1, 0.15) is 0 Å². The monoisotopic (exact) mass is 556 g/mol. The molecule has 0 unspecified atom stereocenters. The summed E-state index contributed by atoms with van der Waals surface area (Å²) in [6.45, 7) is 0. The Morgan fingerprint density at radius 2 is 0.889 bits per heavy atom. The number of thioether (sulfide) groups is 4. The molecule has 8 aliphatic rings. The molecule has 36 heavy (non-hydrogen) atoms. The molecule has 0 amide bonds. The molecule has 4 aliphatic carbocycles. The van der Waals surface area contributed by atoms with Gasteiger partial charge in [0.15, 0.2) is 0 Å². The summed E-state index contributed by atoms with van der Waals surface area (Å²) >= 11 is 8.57. The van der Waals surface area contributed by atoms with Gasteiger partial charge >= 0.3 is 0 Å². The SMILES string of the molecule is C1=CC2=CSCC3CCC(CC3)CSCC3=CC=CC(=CSCC4CCC(CC4)CSCC(=C1)C2)C3. The van der Waals surface area contributed by atoms with Crippen LogP contribution in [0.15, 0.2) is 69.6 Å². The fourth-order valence-corrected chi connectivity index (χ4v) is 10.8. The van der Waals surface area contributed by atoms with Crippen LogP contribution >= 0.6 is 47.0 Å². The molecular weight excluding hydrogens is 513 g/mol. The van der Waals surface area contributed by atoms with Gasteiger partial charge in [-0.3, -0.25) is 0 Å². The van der Waals surface area contributed by atoms with Crippen molar-refractivity contribution < 1.29 is 0 Å². The van der Waals surface area contributed by atoms with Gasteiger partial charge in [0.25, 0.3) is 0 Å². The summed E-state index contributed by atoms with van der Waals surface area (Å²) in [4.78, 5) is 0. The summed E-state index contributed by atoms with van der Waals surface area (Å²) in [6, 6.07) is 0. The number of rotatable bonds is 0. The smallest absolute Gasteiger partial charge is 0.0149 e. The van der Waals surface area contributed by atoms with Gasteiger partial charge in [0.05, 0.1) is 0 Å². The Hall–Kier alpha value is -0.160. The molecule has 4 aliphatic heterocycles. The lowest BCUT2D eigenvalue weighted by atomic mass is 9.84. The largest absolute Gasteiger partial charge is 0.157 e. The van der Waals surface area contributed by atoms with Crippen molar-refractivity contribution >= 4 is 47.0 Å². The minimum atomic E-state index is 0.927. The Balaban J connectivity index is 1.15. The van der Waals surface area contributed by atoms with Crippen molar-refractivity contribution in [3.05, 3.63) is 69.6 Å². The van der Waals surface area contributed by atoms with E-state index < -0.39 is 0 Å². The van der Waals surface area contributed by atoms with Gasteiger partial charge in [-0.15, -0.1) is 23.5 Å². The average molecular weight is 557 g/mol. The highest BCUT2D eigenvalue weighted by Crippen LogP contribution is 2.36. The number of hydrogen-bond donors (Lipinski definition) is 0. The first-order chi connectivity index (χ1) is 17.8. The van der Waals surface area contributed by atoms with E-state index in [1.165, 1.54) is 110 Å². The van der Waals surface area contributed by atoms with Gasteiger partial charge in [-0.05, 0) is 121 Å². The molecule has 196 valence electrons. The Morgan fingerprint density at radius 1 is 0.500 bits per heavy atom. The molecule has 2 saturated carbocycles. The molecule has 4 heterocycles. The van der Waals surface area contributed by atoms with E-state index >= 15 is 0 Å². The summed E-state index contributed by atoms with van der Waals surface area (Å²) in [6.07, 6.45) is 27.9. The van der Waals surface area contributed by atoms with E-state index in [9.17, 15) is 0 Å². The van der Waals surface area contributed by atoms with Crippen molar-refractivity contribution in [2.75, 3.05) is 34.5 Å². The molecule has 0 atom stereocenters. The van der Waals surface area contributed by atoms with E-state index in [4.69, 9.17) is 0 Å². The zero-order chi connectivity index (χ0) is 24.4. The second-order valence-electron chi connectivity index (χ2n) is 11.6. The maximum atomic E-state index is 2.48. The van der Waals surface area contributed by atoms with Crippen molar-refractivity contribution in [3.8, 4) is 0 Å². The van der Waals surface area contributed by atoms with Crippen molar-refractivity contribution in [2.45, 2.75) is 64.2 Å². The predicted molar refractivity (Wildman–Crippen MR) is 170 cm³/mol. The summed E-state index contributed by atoms with van der Waals surface area (Å²) in [5, 5.41) is 4.96. The lowest BCUT2D eigenvalue weighted by molar-refractivity contribution is 0.316. The second-order valence-corrected chi connectivity index (χ2v) is 15.4. The molecule has 0 spiro atoms. The van der Waals surface area contributed by atoms with E-state index in [0.717, 1.165) is 23.7 Å². The minimum absolute atomic E-state index is 0.927. The first-order valence-corrected chi connectivity index (χ1v) is 18.7. The highest BCUT2D eigenvalue weighted by molar-refractivity contribution is 8.02. The van der Waals surface area contributed by atoms with Crippen LogP contribution in [0.1, 0.15) is 64.2 Å². The second kappa shape index (κ2) is 14.8. The molecule has 0 radical (unpaired) electrons. The zero-order valence-corrected chi connectivity index (χ0v) is 25.1. The van der Waals surface area contributed by atoms with Gasteiger partial charge in [-0.2, -0.15) is 23.5 Å². The van der Waals surface area contributed by atoms with Crippen molar-refractivity contribution in [2.24, 2.45) is 23.7 Å². The predicted octanol–water partition coefficient (Wildman–Crippen LogP) is 10.1. The van der Waals surface area contributed by atoms with Crippen LogP contribution < -0.4 is 0 Å². The van der Waals surface area contributed by atoms with E-state index in [-0.39, 0.29) is 0 Å². The first kappa shape index (κ1) is 27.4. The number of allylic oxidation sites excluding steroid dienone is 8. The van der Waals surface area contributed by atoms with Gasteiger partial charge in [0.2, 0.25) is 0 Å². The lowest BCUT2D eigenvalue weighted by Gasteiger charge is -2.28. The van der Waals surface area contributed by atoms with Crippen LogP contribution in [0.5, 0.6) is 0 Å². The van der Waals surface area contributed by atoms with Crippen LogP contribution in [0, 0.1) is 23.7 Å². The zero-order valence-electron chi connectivity index (χ0n) is 21.9. The van der Waals surface area contributed by atoms with Gasteiger partial charge in [-0.25, -0.2) is 0 Å². The van der Waals surface area contributed by atoms with Gasteiger partial charge in [-0.1, -0.05) is 47.6 Å². The standard InChI is InChI=1S/C32H44S4/c1-3-29-15-30(4-1)22-34-18-26-9-13-28(14-10-26)20-36-24-32-6-2-5-31(16-32)23-35-19-27-11-7-25(8-12-27)17-33-21-29/h1-6,21,24-28H,7-20,22-23H2. The third-order valence-corrected chi connectivity index (χ3v) is 13.3. The third kappa shape index (κ3) is 8.95. The van der Waals surface area contributed by atoms with E-state index in [1.54, 1.807) is 11.1 Å². The topological polar surface area (TPSA) is 0 Å². The van der Waals surface area contributed by atoms with Crippen LogP contribution in [0.25, 0.3) is 0 Å². The minimum Gasteiger partial charge on any atom is -0.157 e. The highest BCUT2D eigenvalue weighted by atomic mass is 32.2. The molecule has 0 N–H and O–H groups in total. The summed E-state index contributed by atoms with van der Waals surface area (Å²) < 4.78 is 0. The Bertz CT molecular complexity index is 815. The molecule has 0 aromatic rings. The molecule has 4 heteroatoms. The maximum absolute atomic E-state index is 2.48. The van der Waals surface area contributed by atoms with Crippen LogP contribution in [0.4, 0.5) is 0 Å². The Morgan fingerprint density at radius 3 is 1.31 bits per heavy atom. The molecule has 0 saturated heterocycles. The summed E-state index contributed by atoms with van der Waals surface area (Å²) in [5.74, 6) is 11.6. The summed E-state index contributed by atoms with van der Waals surface area (Å²) in [7, 11) is 0. The van der Waals surface area contributed by atoms with Crippen LogP contribution in [-0.2, 0) is 0 Å². The Labute approximate surface area is 237 Å². The molecule has 8 rings (SSSR count). The van der Waals surface area contributed by atoms with E-state index in [2.05, 4.69) is 94.3 Å². The molecule has 0 nitrogen and oxygen atoms in total. The van der Waals surface area contributed by atoms with E-state index in [1.807, 2.05) is 0 Å². The fraction of sp³-hybridized carbons (Fsp3) is 0.625. The molecule has 0 aromatic heterocycles. The van der Waals surface area contributed by atoms with Gasteiger partial charge < -0.3 is 0 Å². The van der Waals surface area contributed by atoms with Gasteiger partial charge in [0, 0.05) is 23.0 Å². The Kier molecular flexibility index (Phi) is 11.3. The van der Waals surface area contributed by atoms with Crippen molar-refractivity contribution in [3.63, 3.8) is 0 Å². The normalized spacial score (nSPS) is 32.9. The quantitative estimate of drug-likeness (QED) is 0.291. The first-order valence-electron chi connectivity index (χ1n) is 14.3. The number of hydrogen-bond acceptors (Lipinski definition) is 4. The van der Waals surface area contributed by atoms with Crippen LogP contribution in [-0.4, -0.2) is 34.5 Å². The van der Waals surface area contributed by atoms with Crippen LogP contribution in [0.3, 0.4) is 0 Å². The fourth-order valence-electron chi connectivity index (χ4n) is 6.16. The van der Waals surface area contributed by atoms with Crippen LogP contribution in [0.2, 0.25) is 0 Å². The van der Waals surface area contributed by atoms with E-state index in [0.29, 0.717) is 0 Å². The average Bonchev–Trinajstić information content (AvgIpc) is 2.91. The highest BCUT2D eigenvalue weighted by Gasteiger charge is 2.22. The molecule has 8 bridgehead atoms. The summed E-state index contributed by atoms with van der Waals surface area (Å²) in [5.41, 5.74) is 6.32. The van der Waals surface area contributed by atoms with Crippen molar-refractivity contribution in [1.29, 1.82) is 0 Å². The molecule has 2 fully saturated rings. The molecule has 0 aromatic carbocycles.